The van der Waals surface area contributed by atoms with E-state index in [0.29, 0.717) is 0 Å². The van der Waals surface area contributed by atoms with Gasteiger partial charge in [0.25, 0.3) is 0 Å². The van der Waals surface area contributed by atoms with Gasteiger partial charge in [0.2, 0.25) is 0 Å². The Balaban J connectivity index is 2.04. The van der Waals surface area contributed by atoms with Crippen molar-refractivity contribution in [3.63, 3.8) is 0 Å². The van der Waals surface area contributed by atoms with Crippen molar-refractivity contribution in [2.45, 2.75) is 44.2 Å². The van der Waals surface area contributed by atoms with Gasteiger partial charge in [0.1, 0.15) is 11.4 Å². The smallest absolute Gasteiger partial charge is 0.148 e. The van der Waals surface area contributed by atoms with E-state index in [1.165, 1.54) is 6.42 Å². The summed E-state index contributed by atoms with van der Waals surface area (Å²) in [4.78, 5) is 0. The molecule has 0 bridgehead atoms. The average molecular weight is 311 g/mol. The van der Waals surface area contributed by atoms with E-state index in [9.17, 15) is 0 Å². The van der Waals surface area contributed by atoms with Crippen LogP contribution >= 0.6 is 15.9 Å². The number of benzene rings is 1. The third kappa shape index (κ3) is 1.91. The molecule has 3 N–H and O–H groups in total. The van der Waals surface area contributed by atoms with Crippen LogP contribution in [-0.2, 0) is 0 Å². The summed E-state index contributed by atoms with van der Waals surface area (Å²) in [7, 11) is 0. The fraction of sp³-hybridized carbons (Fsp3) is 0.571. The maximum atomic E-state index is 6.34. The summed E-state index contributed by atoms with van der Waals surface area (Å²) < 4.78 is 7.36. The third-order valence-electron chi connectivity index (χ3n) is 4.02. The summed E-state index contributed by atoms with van der Waals surface area (Å²) in [6, 6.07) is 4.25. The number of fused-ring (bicyclic) bond motifs is 1. The third-order valence-corrected chi connectivity index (χ3v) is 4.48. The lowest BCUT2D eigenvalue weighted by Crippen LogP contribution is -2.48. The van der Waals surface area contributed by atoms with Crippen LogP contribution in [0.15, 0.2) is 16.6 Å². The van der Waals surface area contributed by atoms with E-state index in [4.69, 9.17) is 10.5 Å². The van der Waals surface area contributed by atoms with E-state index in [2.05, 4.69) is 40.3 Å². The van der Waals surface area contributed by atoms with E-state index < -0.39 is 0 Å². The zero-order valence-corrected chi connectivity index (χ0v) is 12.2. The molecule has 98 valence electrons. The van der Waals surface area contributed by atoms with Crippen LogP contribution in [-0.4, -0.2) is 12.1 Å². The van der Waals surface area contributed by atoms with Crippen LogP contribution in [0.5, 0.6) is 5.75 Å². The van der Waals surface area contributed by atoms with Crippen molar-refractivity contribution in [3.8, 4) is 5.75 Å². The van der Waals surface area contributed by atoms with Crippen LogP contribution in [0.25, 0.3) is 0 Å². The monoisotopic (exact) mass is 310 g/mol. The van der Waals surface area contributed by atoms with Gasteiger partial charge in [0, 0.05) is 29.0 Å². The molecule has 3 nitrogen and oxygen atoms in total. The predicted octanol–water partition coefficient (Wildman–Crippen LogP) is 3.59. The van der Waals surface area contributed by atoms with Crippen molar-refractivity contribution in [1.29, 1.82) is 0 Å². The number of halogens is 1. The van der Waals surface area contributed by atoms with Crippen LogP contribution in [0.4, 0.5) is 5.69 Å². The van der Waals surface area contributed by atoms with Crippen LogP contribution in [0.3, 0.4) is 0 Å². The first-order valence-electron chi connectivity index (χ1n) is 6.65. The predicted molar refractivity (Wildman–Crippen MR) is 77.1 cm³/mol. The van der Waals surface area contributed by atoms with Crippen molar-refractivity contribution in [2.24, 2.45) is 5.73 Å². The lowest BCUT2D eigenvalue weighted by Gasteiger charge is -2.47. The quantitative estimate of drug-likeness (QED) is 0.877. The summed E-state index contributed by atoms with van der Waals surface area (Å²) in [5.74, 6) is 0.971. The molecule has 1 aliphatic heterocycles. The van der Waals surface area contributed by atoms with E-state index >= 15 is 0 Å². The van der Waals surface area contributed by atoms with Gasteiger partial charge >= 0.3 is 0 Å². The van der Waals surface area contributed by atoms with Gasteiger partial charge in [-0.05, 0) is 38.3 Å². The maximum absolute atomic E-state index is 6.34. The van der Waals surface area contributed by atoms with Gasteiger partial charge in [-0.1, -0.05) is 15.9 Å². The molecule has 0 saturated heterocycles. The molecule has 0 unspecified atom stereocenters. The summed E-state index contributed by atoms with van der Waals surface area (Å²) in [6.45, 7) is 2.98. The Bertz CT molecular complexity index is 471. The lowest BCUT2D eigenvalue weighted by molar-refractivity contribution is -0.0323. The van der Waals surface area contributed by atoms with E-state index in [1.807, 2.05) is 0 Å². The fourth-order valence-electron chi connectivity index (χ4n) is 2.97. The van der Waals surface area contributed by atoms with Crippen molar-refractivity contribution in [1.82, 2.24) is 0 Å². The molecular weight excluding hydrogens is 292 g/mol. The van der Waals surface area contributed by atoms with Gasteiger partial charge < -0.3 is 15.8 Å². The number of hydrogen-bond donors (Lipinski definition) is 2. The Hall–Kier alpha value is -0.740. The number of nitrogens with one attached hydrogen (secondary N) is 1. The molecule has 1 aromatic carbocycles. The highest BCUT2D eigenvalue weighted by Gasteiger charge is 2.45. The molecule has 0 aromatic heterocycles. The Morgan fingerprint density at radius 2 is 2.28 bits per heavy atom. The van der Waals surface area contributed by atoms with Gasteiger partial charge in [-0.15, -0.1) is 0 Å². The zero-order chi connectivity index (χ0) is 12.8. The minimum Gasteiger partial charge on any atom is -0.485 e. The van der Waals surface area contributed by atoms with Crippen molar-refractivity contribution in [3.05, 3.63) is 22.2 Å². The summed E-state index contributed by atoms with van der Waals surface area (Å²) in [5, 5.41) is 3.37. The first kappa shape index (κ1) is 12.3. The van der Waals surface area contributed by atoms with E-state index in [1.54, 1.807) is 0 Å². The second kappa shape index (κ2) is 4.42. The minimum absolute atomic E-state index is 0.0183. The first-order chi connectivity index (χ1) is 8.63. The first-order valence-corrected chi connectivity index (χ1v) is 7.45. The second-order valence-corrected chi connectivity index (χ2v) is 6.27. The molecule has 1 fully saturated rings. The molecule has 1 heterocycles. The number of ether oxygens (including phenoxy) is 1. The highest BCUT2D eigenvalue weighted by molar-refractivity contribution is 9.10. The van der Waals surface area contributed by atoms with E-state index in [-0.39, 0.29) is 11.6 Å². The van der Waals surface area contributed by atoms with Crippen LogP contribution < -0.4 is 15.8 Å². The van der Waals surface area contributed by atoms with Gasteiger partial charge in [-0.3, -0.25) is 0 Å². The van der Waals surface area contributed by atoms with Crippen molar-refractivity contribution in [2.75, 3.05) is 11.9 Å². The minimum atomic E-state index is 0.0183. The standard InChI is InChI=1S/C14H19BrN2O/c1-2-17-12-7-9(15)6-10-11(16)8-14(4-3-5-14)18-13(10)12/h6-7,11,17H,2-5,8,16H2,1H3/t11-/m0/s1. The fourth-order valence-corrected chi connectivity index (χ4v) is 3.45. The summed E-state index contributed by atoms with van der Waals surface area (Å²) in [5.41, 5.74) is 8.54. The zero-order valence-electron chi connectivity index (χ0n) is 10.6. The van der Waals surface area contributed by atoms with E-state index in [0.717, 1.165) is 47.3 Å². The molecule has 3 rings (SSSR count). The molecule has 1 aliphatic carbocycles. The van der Waals surface area contributed by atoms with Gasteiger partial charge in [0.15, 0.2) is 0 Å². The van der Waals surface area contributed by atoms with Gasteiger partial charge in [0.05, 0.1) is 5.69 Å². The number of rotatable bonds is 2. The molecule has 1 saturated carbocycles. The van der Waals surface area contributed by atoms with Crippen LogP contribution in [0.1, 0.15) is 44.2 Å². The largest absolute Gasteiger partial charge is 0.485 e. The van der Waals surface area contributed by atoms with Crippen molar-refractivity contribution < 1.29 is 4.74 Å². The summed E-state index contributed by atoms with van der Waals surface area (Å²) >= 11 is 3.55. The molecule has 2 aliphatic rings. The number of anilines is 1. The molecule has 1 atom stereocenters. The highest BCUT2D eigenvalue weighted by atomic mass is 79.9. The topological polar surface area (TPSA) is 47.3 Å². The maximum Gasteiger partial charge on any atom is 0.148 e. The molecule has 1 aromatic rings. The second-order valence-electron chi connectivity index (χ2n) is 5.35. The number of nitrogens with two attached hydrogens (primary N) is 1. The van der Waals surface area contributed by atoms with Gasteiger partial charge in [-0.25, -0.2) is 0 Å². The Morgan fingerprint density at radius 1 is 1.50 bits per heavy atom. The van der Waals surface area contributed by atoms with Crippen molar-refractivity contribution >= 4 is 21.6 Å². The normalized spacial score (nSPS) is 24.1. The molecule has 0 radical (unpaired) electrons. The molecule has 1 spiro atoms. The molecule has 18 heavy (non-hydrogen) atoms. The Labute approximate surface area is 116 Å². The Kier molecular flexibility index (Phi) is 3.02. The Morgan fingerprint density at radius 3 is 2.89 bits per heavy atom. The summed E-state index contributed by atoms with van der Waals surface area (Å²) in [6.07, 6.45) is 4.49. The molecule has 0 amide bonds. The van der Waals surface area contributed by atoms with Crippen LogP contribution in [0, 0.1) is 0 Å². The SMILES string of the molecule is CCNc1cc(Br)cc2c1OC1(CCC1)C[C@@H]2N. The number of hydrogen-bond acceptors (Lipinski definition) is 3. The van der Waals surface area contributed by atoms with Gasteiger partial charge in [-0.2, -0.15) is 0 Å². The van der Waals surface area contributed by atoms with Crippen LogP contribution in [0.2, 0.25) is 0 Å². The molecular formula is C14H19BrN2O. The highest BCUT2D eigenvalue weighted by Crippen LogP contribution is 2.51. The lowest BCUT2D eigenvalue weighted by atomic mass is 9.73. The average Bonchev–Trinajstić information content (AvgIpc) is 2.28. The molecule has 4 heteroatoms.